The number of benzene rings is 1. The minimum absolute atomic E-state index is 0.134. The highest BCUT2D eigenvalue weighted by atomic mass is 19.1. The minimum atomic E-state index is -0.134. The quantitative estimate of drug-likeness (QED) is 0.809. The molecule has 1 nitrogen and oxygen atoms in total. The maximum Gasteiger partial charge on any atom is 0.123 e. The van der Waals surface area contributed by atoms with Gasteiger partial charge in [-0.3, -0.25) is 0 Å². The predicted octanol–water partition coefficient (Wildman–Crippen LogP) is 3.66. The van der Waals surface area contributed by atoms with Gasteiger partial charge in [0, 0.05) is 6.54 Å². The van der Waals surface area contributed by atoms with Crippen molar-refractivity contribution in [3.63, 3.8) is 0 Å². The maximum absolute atomic E-state index is 13.0. The third kappa shape index (κ3) is 2.92. The molecular weight excluding hydrogens is 225 g/mol. The number of hydrogen-bond acceptors (Lipinski definition) is 1. The lowest BCUT2D eigenvalue weighted by Crippen LogP contribution is -2.25. The summed E-state index contributed by atoms with van der Waals surface area (Å²) in [5, 5.41) is 3.58. The van der Waals surface area contributed by atoms with Gasteiger partial charge in [0.2, 0.25) is 0 Å². The fourth-order valence-corrected chi connectivity index (χ4v) is 3.00. The second-order valence-electron chi connectivity index (χ2n) is 6.04. The van der Waals surface area contributed by atoms with Gasteiger partial charge in [-0.2, -0.15) is 0 Å². The molecule has 0 spiro atoms. The third-order valence-corrected chi connectivity index (χ3v) is 4.46. The van der Waals surface area contributed by atoms with E-state index in [-0.39, 0.29) is 5.82 Å². The molecule has 2 aliphatic carbocycles. The Balaban J connectivity index is 1.51. The van der Waals surface area contributed by atoms with Gasteiger partial charge >= 0.3 is 0 Å². The van der Waals surface area contributed by atoms with Gasteiger partial charge in [-0.25, -0.2) is 4.39 Å². The van der Waals surface area contributed by atoms with Crippen LogP contribution in [-0.2, 0) is 6.54 Å². The molecule has 0 amide bonds. The van der Waals surface area contributed by atoms with Crippen molar-refractivity contribution < 1.29 is 4.39 Å². The van der Waals surface area contributed by atoms with Crippen LogP contribution in [0.5, 0.6) is 0 Å². The summed E-state index contributed by atoms with van der Waals surface area (Å²) in [5.41, 5.74) is 2.28. The van der Waals surface area contributed by atoms with E-state index in [1.54, 1.807) is 12.1 Å². The Hall–Kier alpha value is -0.890. The maximum atomic E-state index is 13.0. The number of aryl methyl sites for hydroxylation is 1. The first kappa shape index (κ1) is 12.2. The number of hydrogen-bond donors (Lipinski definition) is 1. The molecule has 0 radical (unpaired) electrons. The number of rotatable bonds is 6. The van der Waals surface area contributed by atoms with Gasteiger partial charge in [-0.1, -0.05) is 6.07 Å². The van der Waals surface area contributed by atoms with Crippen LogP contribution in [0.3, 0.4) is 0 Å². The zero-order valence-electron chi connectivity index (χ0n) is 11.1. The van der Waals surface area contributed by atoms with Gasteiger partial charge in [0.05, 0.1) is 0 Å². The lowest BCUT2D eigenvalue weighted by atomic mass is 9.98. The first-order valence-electron chi connectivity index (χ1n) is 7.20. The topological polar surface area (TPSA) is 12.0 Å². The van der Waals surface area contributed by atoms with Gasteiger partial charge in [0.15, 0.2) is 0 Å². The zero-order valence-corrected chi connectivity index (χ0v) is 11.1. The molecule has 0 aromatic heterocycles. The van der Waals surface area contributed by atoms with Crippen LogP contribution in [0.4, 0.5) is 4.39 Å². The molecule has 98 valence electrons. The lowest BCUT2D eigenvalue weighted by molar-refractivity contribution is 0.378. The molecule has 1 aromatic rings. The first-order chi connectivity index (χ1) is 8.74. The lowest BCUT2D eigenvalue weighted by Gasteiger charge is -2.16. The summed E-state index contributed by atoms with van der Waals surface area (Å²) in [4.78, 5) is 0. The Bertz CT molecular complexity index is 409. The molecule has 1 aromatic carbocycles. The SMILES string of the molecule is Cc1cc(F)ccc1CNCC(C1CC1)C1CC1. The van der Waals surface area contributed by atoms with E-state index in [0.29, 0.717) is 0 Å². The van der Waals surface area contributed by atoms with Crippen molar-refractivity contribution in [3.8, 4) is 0 Å². The summed E-state index contributed by atoms with van der Waals surface area (Å²) in [6.07, 6.45) is 5.77. The highest BCUT2D eigenvalue weighted by molar-refractivity contribution is 5.26. The van der Waals surface area contributed by atoms with Crippen LogP contribution in [0.15, 0.2) is 18.2 Å². The normalized spacial score (nSPS) is 19.5. The second-order valence-corrected chi connectivity index (χ2v) is 6.04. The van der Waals surface area contributed by atoms with Crippen LogP contribution in [0.1, 0.15) is 36.8 Å². The van der Waals surface area contributed by atoms with Crippen molar-refractivity contribution >= 4 is 0 Å². The van der Waals surface area contributed by atoms with E-state index in [1.165, 1.54) is 31.2 Å². The third-order valence-electron chi connectivity index (χ3n) is 4.46. The standard InChI is InChI=1S/C16H22FN/c1-11-8-15(17)7-6-14(11)9-18-10-16(12-2-3-12)13-4-5-13/h6-8,12-13,16,18H,2-5,9-10H2,1H3. The fourth-order valence-electron chi connectivity index (χ4n) is 3.00. The molecule has 0 aliphatic heterocycles. The monoisotopic (exact) mass is 247 g/mol. The van der Waals surface area contributed by atoms with Crippen molar-refractivity contribution in [2.45, 2.75) is 39.2 Å². The van der Waals surface area contributed by atoms with Crippen LogP contribution in [0, 0.1) is 30.5 Å². The van der Waals surface area contributed by atoms with Gasteiger partial charge in [-0.05, 0) is 80.2 Å². The molecule has 2 fully saturated rings. The molecule has 0 saturated heterocycles. The summed E-state index contributed by atoms with van der Waals surface area (Å²) in [6, 6.07) is 5.08. The van der Waals surface area contributed by atoms with Crippen molar-refractivity contribution in [1.82, 2.24) is 5.32 Å². The van der Waals surface area contributed by atoms with Crippen molar-refractivity contribution in [1.29, 1.82) is 0 Å². The van der Waals surface area contributed by atoms with E-state index in [9.17, 15) is 4.39 Å². The Morgan fingerprint density at radius 3 is 2.44 bits per heavy atom. The molecule has 3 rings (SSSR count). The number of nitrogens with one attached hydrogen (secondary N) is 1. The molecule has 0 unspecified atom stereocenters. The Morgan fingerprint density at radius 1 is 1.22 bits per heavy atom. The van der Waals surface area contributed by atoms with Crippen LogP contribution in [0.25, 0.3) is 0 Å². The summed E-state index contributed by atoms with van der Waals surface area (Å²) in [7, 11) is 0. The molecule has 0 heterocycles. The van der Waals surface area contributed by atoms with Crippen molar-refractivity contribution in [2.24, 2.45) is 17.8 Å². The smallest absolute Gasteiger partial charge is 0.123 e. The largest absolute Gasteiger partial charge is 0.312 e. The van der Waals surface area contributed by atoms with Gasteiger partial charge in [0.1, 0.15) is 5.82 Å². The van der Waals surface area contributed by atoms with Gasteiger partial charge < -0.3 is 5.32 Å². The summed E-state index contributed by atoms with van der Waals surface area (Å²) in [5.74, 6) is 2.77. The fraction of sp³-hybridized carbons (Fsp3) is 0.625. The van der Waals surface area contributed by atoms with Gasteiger partial charge in [0.25, 0.3) is 0 Å². The van der Waals surface area contributed by atoms with E-state index < -0.39 is 0 Å². The van der Waals surface area contributed by atoms with Crippen LogP contribution >= 0.6 is 0 Å². The minimum Gasteiger partial charge on any atom is -0.312 e. The Morgan fingerprint density at radius 2 is 1.89 bits per heavy atom. The van der Waals surface area contributed by atoms with E-state index in [1.807, 2.05) is 13.0 Å². The molecule has 0 atom stereocenters. The number of halogens is 1. The average Bonchev–Trinajstić information content (AvgIpc) is 3.20. The second kappa shape index (κ2) is 5.00. The molecule has 18 heavy (non-hydrogen) atoms. The van der Waals surface area contributed by atoms with E-state index >= 15 is 0 Å². The molecule has 0 bridgehead atoms. The molecule has 2 aliphatic rings. The molecule has 2 saturated carbocycles. The van der Waals surface area contributed by atoms with Crippen LogP contribution in [-0.4, -0.2) is 6.54 Å². The van der Waals surface area contributed by atoms with E-state index in [0.717, 1.165) is 36.4 Å². The predicted molar refractivity (Wildman–Crippen MR) is 71.8 cm³/mol. The van der Waals surface area contributed by atoms with Gasteiger partial charge in [-0.15, -0.1) is 0 Å². The highest BCUT2D eigenvalue weighted by Crippen LogP contribution is 2.48. The zero-order chi connectivity index (χ0) is 12.5. The summed E-state index contributed by atoms with van der Waals surface area (Å²) >= 11 is 0. The summed E-state index contributed by atoms with van der Waals surface area (Å²) < 4.78 is 13.0. The Labute approximate surface area is 109 Å². The summed E-state index contributed by atoms with van der Waals surface area (Å²) in [6.45, 7) is 4.01. The van der Waals surface area contributed by atoms with E-state index in [2.05, 4.69) is 5.32 Å². The van der Waals surface area contributed by atoms with Crippen molar-refractivity contribution in [2.75, 3.05) is 6.54 Å². The van der Waals surface area contributed by atoms with E-state index in [4.69, 9.17) is 0 Å². The molecule has 1 N–H and O–H groups in total. The van der Waals surface area contributed by atoms with Crippen molar-refractivity contribution in [3.05, 3.63) is 35.1 Å². The average molecular weight is 247 g/mol. The Kier molecular flexibility index (Phi) is 3.38. The van der Waals surface area contributed by atoms with Crippen LogP contribution in [0.2, 0.25) is 0 Å². The van der Waals surface area contributed by atoms with Crippen LogP contribution < -0.4 is 5.32 Å². The highest BCUT2D eigenvalue weighted by Gasteiger charge is 2.40. The molecular formula is C16H22FN. The first-order valence-corrected chi connectivity index (χ1v) is 7.20. The molecule has 2 heteroatoms.